The molecule has 2 aromatic rings. The lowest BCUT2D eigenvalue weighted by molar-refractivity contribution is 0.0488. The molecular weight excluding hydrogens is 236 g/mol. The highest BCUT2D eigenvalue weighted by Gasteiger charge is 2.28. The third-order valence-corrected chi connectivity index (χ3v) is 3.86. The summed E-state index contributed by atoms with van der Waals surface area (Å²) in [5.41, 5.74) is 3.21. The highest BCUT2D eigenvalue weighted by molar-refractivity contribution is 5.66. The fourth-order valence-electron chi connectivity index (χ4n) is 2.60. The molecule has 2 aromatic carbocycles. The van der Waals surface area contributed by atoms with Crippen molar-refractivity contribution in [1.82, 2.24) is 0 Å². The molecule has 0 bridgehead atoms. The van der Waals surface area contributed by atoms with Crippen molar-refractivity contribution < 1.29 is 9.84 Å². The quantitative estimate of drug-likeness (QED) is 0.883. The van der Waals surface area contributed by atoms with Crippen LogP contribution >= 0.6 is 0 Å². The Bertz CT molecular complexity index is 563. The maximum atomic E-state index is 10.3. The molecule has 1 aliphatic heterocycles. The number of hydrogen-bond acceptors (Lipinski definition) is 2. The van der Waals surface area contributed by atoms with Crippen LogP contribution in [-0.2, 0) is 0 Å². The number of rotatable bonds is 2. The molecule has 2 atom stereocenters. The highest BCUT2D eigenvalue weighted by Crippen LogP contribution is 2.38. The van der Waals surface area contributed by atoms with E-state index in [1.165, 1.54) is 5.56 Å². The first-order valence-corrected chi connectivity index (χ1v) is 6.80. The van der Waals surface area contributed by atoms with Crippen LogP contribution in [0, 0.1) is 5.92 Å². The van der Waals surface area contributed by atoms with Crippen molar-refractivity contribution in [3.05, 3.63) is 54.1 Å². The zero-order valence-electron chi connectivity index (χ0n) is 11.0. The van der Waals surface area contributed by atoms with E-state index >= 15 is 0 Å². The number of fused-ring (bicyclic) bond motifs is 1. The van der Waals surface area contributed by atoms with Gasteiger partial charge in [0.1, 0.15) is 5.75 Å². The average molecular weight is 254 g/mol. The summed E-state index contributed by atoms with van der Waals surface area (Å²) in [4.78, 5) is 0. The molecule has 2 heteroatoms. The van der Waals surface area contributed by atoms with Gasteiger partial charge in [0, 0.05) is 11.5 Å². The first kappa shape index (κ1) is 12.2. The molecule has 2 unspecified atom stereocenters. The van der Waals surface area contributed by atoms with Crippen LogP contribution in [0.25, 0.3) is 11.1 Å². The van der Waals surface area contributed by atoms with E-state index in [4.69, 9.17) is 4.74 Å². The first-order chi connectivity index (χ1) is 9.29. The molecule has 1 N–H and O–H groups in total. The lowest BCUT2D eigenvalue weighted by atomic mass is 9.90. The Kier molecular flexibility index (Phi) is 3.26. The van der Waals surface area contributed by atoms with Gasteiger partial charge < -0.3 is 9.84 Å². The van der Waals surface area contributed by atoms with Crippen molar-refractivity contribution in [2.24, 2.45) is 5.92 Å². The van der Waals surface area contributed by atoms with E-state index in [2.05, 4.69) is 25.1 Å². The number of ether oxygens (including phenoxy) is 1. The summed E-state index contributed by atoms with van der Waals surface area (Å²) in [5.74, 6) is 1.02. The van der Waals surface area contributed by atoms with Crippen molar-refractivity contribution in [2.75, 3.05) is 6.61 Å². The Morgan fingerprint density at radius 1 is 1.11 bits per heavy atom. The Balaban J connectivity index is 1.98. The third-order valence-electron chi connectivity index (χ3n) is 3.86. The van der Waals surface area contributed by atoms with Gasteiger partial charge in [-0.15, -0.1) is 0 Å². The van der Waals surface area contributed by atoms with Crippen LogP contribution in [-0.4, -0.2) is 11.7 Å². The SMILES string of the molecule is CCC1COc2cc(-c3ccccc3)ccc2C1O. The van der Waals surface area contributed by atoms with E-state index in [1.807, 2.05) is 30.3 Å². The van der Waals surface area contributed by atoms with E-state index in [-0.39, 0.29) is 5.92 Å². The Morgan fingerprint density at radius 3 is 2.63 bits per heavy atom. The van der Waals surface area contributed by atoms with Crippen LogP contribution in [0.15, 0.2) is 48.5 Å². The van der Waals surface area contributed by atoms with Crippen LogP contribution in [0.5, 0.6) is 5.75 Å². The summed E-state index contributed by atoms with van der Waals surface area (Å²) in [6.07, 6.45) is 0.527. The second-order valence-corrected chi connectivity index (χ2v) is 5.04. The summed E-state index contributed by atoms with van der Waals surface area (Å²) in [5, 5.41) is 10.3. The van der Waals surface area contributed by atoms with Gasteiger partial charge in [-0.25, -0.2) is 0 Å². The maximum Gasteiger partial charge on any atom is 0.125 e. The van der Waals surface area contributed by atoms with Gasteiger partial charge in [0.15, 0.2) is 0 Å². The molecule has 0 amide bonds. The molecule has 0 aromatic heterocycles. The molecule has 0 aliphatic carbocycles. The molecule has 0 saturated carbocycles. The van der Waals surface area contributed by atoms with Crippen molar-refractivity contribution in [1.29, 1.82) is 0 Å². The van der Waals surface area contributed by atoms with Gasteiger partial charge in [-0.05, 0) is 23.6 Å². The molecule has 3 rings (SSSR count). The van der Waals surface area contributed by atoms with E-state index in [9.17, 15) is 5.11 Å². The Morgan fingerprint density at radius 2 is 1.89 bits per heavy atom. The van der Waals surface area contributed by atoms with Gasteiger partial charge in [0.25, 0.3) is 0 Å². The smallest absolute Gasteiger partial charge is 0.125 e. The summed E-state index contributed by atoms with van der Waals surface area (Å²) in [6.45, 7) is 2.68. The fourth-order valence-corrected chi connectivity index (χ4v) is 2.60. The van der Waals surface area contributed by atoms with E-state index in [1.54, 1.807) is 0 Å². The minimum Gasteiger partial charge on any atom is -0.493 e. The maximum absolute atomic E-state index is 10.3. The molecule has 0 fully saturated rings. The predicted molar refractivity (Wildman–Crippen MR) is 76.1 cm³/mol. The van der Waals surface area contributed by atoms with E-state index in [0.717, 1.165) is 23.3 Å². The second-order valence-electron chi connectivity index (χ2n) is 5.04. The molecule has 1 aliphatic rings. The van der Waals surface area contributed by atoms with Gasteiger partial charge in [-0.2, -0.15) is 0 Å². The topological polar surface area (TPSA) is 29.5 Å². The number of benzene rings is 2. The van der Waals surface area contributed by atoms with Crippen molar-refractivity contribution in [3.63, 3.8) is 0 Å². The predicted octanol–water partition coefficient (Wildman–Crippen LogP) is 3.81. The number of aliphatic hydroxyl groups excluding tert-OH is 1. The Hall–Kier alpha value is -1.80. The van der Waals surface area contributed by atoms with E-state index < -0.39 is 6.10 Å². The summed E-state index contributed by atoms with van der Waals surface area (Å²) < 4.78 is 5.80. The van der Waals surface area contributed by atoms with Crippen molar-refractivity contribution >= 4 is 0 Å². The number of hydrogen-bond donors (Lipinski definition) is 1. The molecule has 19 heavy (non-hydrogen) atoms. The van der Waals surface area contributed by atoms with E-state index in [0.29, 0.717) is 6.61 Å². The standard InChI is InChI=1S/C17H18O2/c1-2-12-11-19-16-10-14(8-9-15(16)17(12)18)13-6-4-3-5-7-13/h3-10,12,17-18H,2,11H2,1H3. The summed E-state index contributed by atoms with van der Waals surface area (Å²) >= 11 is 0. The monoisotopic (exact) mass is 254 g/mol. The zero-order chi connectivity index (χ0) is 13.2. The second kappa shape index (κ2) is 5.06. The molecule has 0 radical (unpaired) electrons. The molecular formula is C17H18O2. The third kappa shape index (κ3) is 2.24. The van der Waals surface area contributed by atoms with Crippen LogP contribution in [0.2, 0.25) is 0 Å². The lowest BCUT2D eigenvalue weighted by Gasteiger charge is -2.29. The highest BCUT2D eigenvalue weighted by atomic mass is 16.5. The summed E-state index contributed by atoms with van der Waals surface area (Å²) in [6, 6.07) is 16.3. The van der Waals surface area contributed by atoms with Gasteiger partial charge >= 0.3 is 0 Å². The normalized spacial score (nSPS) is 21.6. The zero-order valence-corrected chi connectivity index (χ0v) is 11.0. The first-order valence-electron chi connectivity index (χ1n) is 6.80. The van der Waals surface area contributed by atoms with Crippen LogP contribution in [0.3, 0.4) is 0 Å². The van der Waals surface area contributed by atoms with Crippen molar-refractivity contribution in [2.45, 2.75) is 19.4 Å². The lowest BCUT2D eigenvalue weighted by Crippen LogP contribution is -2.25. The largest absolute Gasteiger partial charge is 0.493 e. The van der Waals surface area contributed by atoms with Crippen LogP contribution < -0.4 is 4.74 Å². The van der Waals surface area contributed by atoms with Gasteiger partial charge in [-0.1, -0.05) is 49.4 Å². The molecule has 2 nitrogen and oxygen atoms in total. The van der Waals surface area contributed by atoms with Gasteiger partial charge in [-0.3, -0.25) is 0 Å². The molecule has 0 spiro atoms. The number of aliphatic hydroxyl groups is 1. The van der Waals surface area contributed by atoms with Crippen molar-refractivity contribution in [3.8, 4) is 16.9 Å². The van der Waals surface area contributed by atoms with Crippen LogP contribution in [0.4, 0.5) is 0 Å². The Labute approximate surface area is 113 Å². The van der Waals surface area contributed by atoms with Gasteiger partial charge in [0.05, 0.1) is 12.7 Å². The molecule has 1 heterocycles. The molecule has 0 saturated heterocycles. The minimum absolute atomic E-state index is 0.204. The summed E-state index contributed by atoms with van der Waals surface area (Å²) in [7, 11) is 0. The minimum atomic E-state index is -0.404. The average Bonchev–Trinajstić information content (AvgIpc) is 2.48. The fraction of sp³-hybridized carbons (Fsp3) is 0.294. The van der Waals surface area contributed by atoms with Gasteiger partial charge in [0.2, 0.25) is 0 Å². The van der Waals surface area contributed by atoms with Crippen LogP contribution in [0.1, 0.15) is 25.0 Å². The molecule has 98 valence electrons.